The minimum atomic E-state index is -4.82. The lowest BCUT2D eigenvalue weighted by Gasteiger charge is -2.44. The van der Waals surface area contributed by atoms with Crippen LogP contribution in [0, 0.1) is 11.3 Å². The highest BCUT2D eigenvalue weighted by molar-refractivity contribution is 6.45. The summed E-state index contributed by atoms with van der Waals surface area (Å²) < 4.78 is 40.4. The minimum Gasteiger partial charge on any atom is -0.406 e. The standard InChI is InChI=1S/C16H19F3N4O2/c17-16(18,19)25-10-1-2-11(12(20)7-10)14(21)15(24)22-13-8-23-5-3-9(13)4-6-23/h1-2,7,9,13,21H,3-6,8,20H2,(H,22,24)/t13-/m0/s1. The molecule has 3 saturated heterocycles. The molecule has 9 heteroatoms. The van der Waals surface area contributed by atoms with Gasteiger partial charge in [-0.1, -0.05) is 0 Å². The van der Waals surface area contributed by atoms with Crippen molar-refractivity contribution in [3.63, 3.8) is 0 Å². The van der Waals surface area contributed by atoms with Gasteiger partial charge in [-0.2, -0.15) is 0 Å². The lowest BCUT2D eigenvalue weighted by Crippen LogP contribution is -2.58. The van der Waals surface area contributed by atoms with Crippen molar-refractivity contribution < 1.29 is 22.7 Å². The smallest absolute Gasteiger partial charge is 0.406 e. The normalized spacial score (nSPS) is 25.5. The molecule has 3 fully saturated rings. The fraction of sp³-hybridized carbons (Fsp3) is 0.500. The number of rotatable bonds is 4. The highest BCUT2D eigenvalue weighted by Gasteiger charge is 2.35. The summed E-state index contributed by atoms with van der Waals surface area (Å²) in [4.78, 5) is 14.6. The average molecular weight is 356 g/mol. The van der Waals surface area contributed by atoms with E-state index in [0.29, 0.717) is 5.92 Å². The molecule has 25 heavy (non-hydrogen) atoms. The van der Waals surface area contributed by atoms with E-state index in [1.54, 1.807) is 0 Å². The number of piperidine rings is 3. The second kappa shape index (κ2) is 6.55. The Hall–Kier alpha value is -2.29. The van der Waals surface area contributed by atoms with Gasteiger partial charge in [-0.25, -0.2) is 0 Å². The summed E-state index contributed by atoms with van der Waals surface area (Å²) in [6, 6.07) is 3.17. The van der Waals surface area contributed by atoms with Crippen LogP contribution in [0.3, 0.4) is 0 Å². The molecule has 0 aliphatic carbocycles. The van der Waals surface area contributed by atoms with Crippen molar-refractivity contribution in [2.45, 2.75) is 25.2 Å². The van der Waals surface area contributed by atoms with E-state index in [4.69, 9.17) is 11.1 Å². The molecule has 136 valence electrons. The van der Waals surface area contributed by atoms with E-state index in [-0.39, 0.29) is 23.0 Å². The predicted octanol–water partition coefficient (Wildman–Crippen LogP) is 1.75. The highest BCUT2D eigenvalue weighted by atomic mass is 19.4. The third kappa shape index (κ3) is 4.04. The third-order valence-corrected chi connectivity index (χ3v) is 4.73. The molecule has 6 nitrogen and oxygen atoms in total. The fourth-order valence-electron chi connectivity index (χ4n) is 3.46. The number of nitrogen functional groups attached to an aromatic ring is 1. The van der Waals surface area contributed by atoms with Crippen molar-refractivity contribution in [1.82, 2.24) is 10.2 Å². The van der Waals surface area contributed by atoms with E-state index >= 15 is 0 Å². The minimum absolute atomic E-state index is 0.00981. The molecule has 3 heterocycles. The summed E-state index contributed by atoms with van der Waals surface area (Å²) >= 11 is 0. The number of ether oxygens (including phenoxy) is 1. The van der Waals surface area contributed by atoms with Crippen LogP contribution >= 0.6 is 0 Å². The Labute approximate surface area is 142 Å². The summed E-state index contributed by atoms with van der Waals surface area (Å²) in [6.45, 7) is 2.82. The Bertz CT molecular complexity index is 684. The maximum atomic E-state index is 12.3. The third-order valence-electron chi connectivity index (χ3n) is 4.73. The Kier molecular flexibility index (Phi) is 4.59. The van der Waals surface area contributed by atoms with Gasteiger partial charge >= 0.3 is 6.36 Å². The molecule has 0 spiro atoms. The van der Waals surface area contributed by atoms with Crippen LogP contribution in [0.2, 0.25) is 0 Å². The summed E-state index contributed by atoms with van der Waals surface area (Å²) in [5.74, 6) is -0.657. The predicted molar refractivity (Wildman–Crippen MR) is 85.5 cm³/mol. The van der Waals surface area contributed by atoms with Gasteiger partial charge in [0, 0.05) is 29.9 Å². The molecule has 0 radical (unpaired) electrons. The maximum Gasteiger partial charge on any atom is 0.573 e. The van der Waals surface area contributed by atoms with Crippen LogP contribution < -0.4 is 15.8 Å². The Balaban J connectivity index is 1.67. The van der Waals surface area contributed by atoms with Crippen LogP contribution in [-0.4, -0.2) is 48.6 Å². The Morgan fingerprint density at radius 1 is 1.32 bits per heavy atom. The van der Waals surface area contributed by atoms with Crippen molar-refractivity contribution in [1.29, 1.82) is 5.41 Å². The lowest BCUT2D eigenvalue weighted by atomic mass is 9.84. The summed E-state index contributed by atoms with van der Waals surface area (Å²) in [6.07, 6.45) is -2.79. The average Bonchev–Trinajstić information content (AvgIpc) is 2.54. The zero-order valence-corrected chi connectivity index (χ0v) is 13.4. The van der Waals surface area contributed by atoms with E-state index in [1.165, 1.54) is 6.07 Å². The second-order valence-corrected chi connectivity index (χ2v) is 6.39. The molecule has 3 aliphatic heterocycles. The van der Waals surface area contributed by atoms with Crippen LogP contribution in [0.25, 0.3) is 0 Å². The molecular formula is C16H19F3N4O2. The first-order valence-corrected chi connectivity index (χ1v) is 8.00. The summed E-state index contributed by atoms with van der Waals surface area (Å²) in [7, 11) is 0. The van der Waals surface area contributed by atoms with Crippen molar-refractivity contribution in [2.75, 3.05) is 25.4 Å². The summed E-state index contributed by atoms with van der Waals surface area (Å²) in [5, 5.41) is 10.9. The number of halogens is 3. The molecule has 0 unspecified atom stereocenters. The van der Waals surface area contributed by atoms with Gasteiger partial charge in [-0.3, -0.25) is 10.2 Å². The second-order valence-electron chi connectivity index (χ2n) is 6.39. The number of nitrogens with two attached hydrogens (primary N) is 1. The summed E-state index contributed by atoms with van der Waals surface area (Å²) in [5.41, 5.74) is 5.29. The molecule has 4 N–H and O–H groups in total. The van der Waals surface area contributed by atoms with E-state index in [0.717, 1.165) is 44.6 Å². The number of fused-ring (bicyclic) bond motifs is 3. The van der Waals surface area contributed by atoms with Crippen LogP contribution in [0.4, 0.5) is 18.9 Å². The molecular weight excluding hydrogens is 337 g/mol. The SMILES string of the molecule is N=C(C(=O)N[C@H]1CN2CCC1CC2)c1ccc(OC(F)(F)F)cc1N. The number of nitrogens with zero attached hydrogens (tertiary/aromatic N) is 1. The number of benzene rings is 1. The molecule has 1 aromatic rings. The van der Waals surface area contributed by atoms with E-state index in [2.05, 4.69) is 15.0 Å². The number of carbonyl (C=O) groups is 1. The number of nitrogens with one attached hydrogen (secondary N) is 2. The number of carbonyl (C=O) groups excluding carboxylic acids is 1. The van der Waals surface area contributed by atoms with Gasteiger partial charge in [-0.15, -0.1) is 13.2 Å². The molecule has 3 aliphatic rings. The van der Waals surface area contributed by atoms with Crippen molar-refractivity contribution in [2.24, 2.45) is 5.92 Å². The lowest BCUT2D eigenvalue weighted by molar-refractivity contribution is -0.274. The molecule has 1 amide bonds. The molecule has 4 rings (SSSR count). The number of hydrogen-bond donors (Lipinski definition) is 3. The first-order chi connectivity index (χ1) is 11.7. The van der Waals surface area contributed by atoms with Gasteiger partial charge < -0.3 is 20.7 Å². The van der Waals surface area contributed by atoms with Gasteiger partial charge in [0.05, 0.1) is 0 Å². The number of hydrogen-bond acceptors (Lipinski definition) is 5. The van der Waals surface area contributed by atoms with Crippen LogP contribution in [-0.2, 0) is 4.79 Å². The van der Waals surface area contributed by atoms with Gasteiger partial charge in [0.25, 0.3) is 5.91 Å². The van der Waals surface area contributed by atoms with E-state index in [9.17, 15) is 18.0 Å². The quantitative estimate of drug-likeness (QED) is 0.566. The zero-order valence-electron chi connectivity index (χ0n) is 13.4. The number of anilines is 1. The monoisotopic (exact) mass is 356 g/mol. The van der Waals surface area contributed by atoms with Crippen LogP contribution in [0.1, 0.15) is 18.4 Å². The first kappa shape index (κ1) is 17.5. The molecule has 2 bridgehead atoms. The molecule has 1 aromatic carbocycles. The Morgan fingerprint density at radius 2 is 2.00 bits per heavy atom. The van der Waals surface area contributed by atoms with Crippen molar-refractivity contribution in [3.05, 3.63) is 23.8 Å². The maximum absolute atomic E-state index is 12.3. The van der Waals surface area contributed by atoms with E-state index in [1.807, 2.05) is 0 Å². The zero-order chi connectivity index (χ0) is 18.2. The topological polar surface area (TPSA) is 91.4 Å². The number of amides is 1. The molecule has 1 atom stereocenters. The van der Waals surface area contributed by atoms with Gasteiger partial charge in [0.1, 0.15) is 11.5 Å². The van der Waals surface area contributed by atoms with Crippen molar-refractivity contribution in [3.8, 4) is 5.75 Å². The van der Waals surface area contributed by atoms with Gasteiger partial charge in [-0.05, 0) is 44.0 Å². The van der Waals surface area contributed by atoms with Gasteiger partial charge in [0.2, 0.25) is 0 Å². The van der Waals surface area contributed by atoms with Gasteiger partial charge in [0.15, 0.2) is 0 Å². The fourth-order valence-corrected chi connectivity index (χ4v) is 3.46. The highest BCUT2D eigenvalue weighted by Crippen LogP contribution is 2.28. The molecule has 0 saturated carbocycles. The molecule has 0 aromatic heterocycles. The van der Waals surface area contributed by atoms with Crippen LogP contribution in [0.5, 0.6) is 5.75 Å². The number of alkyl halides is 3. The largest absolute Gasteiger partial charge is 0.573 e. The van der Waals surface area contributed by atoms with Crippen LogP contribution in [0.15, 0.2) is 18.2 Å². The Morgan fingerprint density at radius 3 is 2.52 bits per heavy atom. The van der Waals surface area contributed by atoms with Crippen molar-refractivity contribution >= 4 is 17.3 Å². The van der Waals surface area contributed by atoms with E-state index < -0.39 is 18.0 Å². The first-order valence-electron chi connectivity index (χ1n) is 8.00.